The van der Waals surface area contributed by atoms with Crippen molar-refractivity contribution in [2.45, 2.75) is 11.8 Å². The first-order chi connectivity index (χ1) is 14.3. The van der Waals surface area contributed by atoms with Crippen molar-refractivity contribution in [1.82, 2.24) is 0 Å². The summed E-state index contributed by atoms with van der Waals surface area (Å²) in [4.78, 5) is 11.9. The minimum absolute atomic E-state index is 0. The first-order valence-corrected chi connectivity index (χ1v) is 12.4. The topological polar surface area (TPSA) is 80.3 Å². The van der Waals surface area contributed by atoms with E-state index < -0.39 is 24.9 Å². The van der Waals surface area contributed by atoms with E-state index in [2.05, 4.69) is 0 Å². The number of aromatic carboxylic acids is 1. The van der Waals surface area contributed by atoms with Gasteiger partial charge in [-0.25, -0.2) is 0 Å². The van der Waals surface area contributed by atoms with Crippen molar-refractivity contribution >= 4 is 34.7 Å². The van der Waals surface area contributed by atoms with Gasteiger partial charge < -0.3 is 19.6 Å². The average molecular weight is 430 g/mol. The van der Waals surface area contributed by atoms with Gasteiger partial charge in [0.15, 0.2) is 0 Å². The van der Waals surface area contributed by atoms with E-state index in [1.807, 2.05) is 54.6 Å². The van der Waals surface area contributed by atoms with Crippen LogP contribution in [-0.4, -0.2) is 19.3 Å². The van der Waals surface area contributed by atoms with Gasteiger partial charge in [-0.2, -0.15) is 0 Å². The molecule has 0 heterocycles. The molecular weight excluding hydrogens is 409 g/mol. The zero-order valence-corrected chi connectivity index (χ0v) is 19.6. The van der Waals surface area contributed by atoms with Crippen molar-refractivity contribution in [1.29, 1.82) is 0 Å². The number of rotatable bonds is 5. The van der Waals surface area contributed by atoms with Crippen LogP contribution in [0.25, 0.3) is 21.5 Å². The molecule has 4 aromatic rings. The molecule has 2 atom stereocenters. The molecule has 0 aliphatic heterocycles. The molecule has 0 saturated carbocycles. The fourth-order valence-electron chi connectivity index (χ4n) is 4.17. The van der Waals surface area contributed by atoms with Gasteiger partial charge in [0, 0.05) is 5.66 Å². The van der Waals surface area contributed by atoms with Crippen LogP contribution in [0.1, 0.15) is 33.2 Å². The number of carbonyl (C=O) groups excluding carboxylic acids is 1. The summed E-state index contributed by atoms with van der Waals surface area (Å²) in [5.41, 5.74) is -0.232. The molecule has 0 radical (unpaired) electrons. The smallest absolute Gasteiger partial charge is 0.848 e. The van der Waals surface area contributed by atoms with Gasteiger partial charge in [-0.1, -0.05) is 84.5 Å². The maximum atomic E-state index is 13.8. The Labute approximate surface area is 211 Å². The largest absolute Gasteiger partial charge is 1.00 e. The molecule has 4 nitrogen and oxygen atoms in total. The maximum absolute atomic E-state index is 13.8. The van der Waals surface area contributed by atoms with Gasteiger partial charge in [0.25, 0.3) is 0 Å². The normalized spacial score (nSPS) is 13.1. The van der Waals surface area contributed by atoms with E-state index in [-0.39, 0.29) is 48.8 Å². The summed E-state index contributed by atoms with van der Waals surface area (Å²) in [5.74, 6) is -1.41. The molecule has 0 saturated heterocycles. The van der Waals surface area contributed by atoms with Crippen molar-refractivity contribution in [2.24, 2.45) is 0 Å². The molecule has 0 aromatic heterocycles. The Kier molecular flexibility index (Phi) is 8.66. The average Bonchev–Trinajstić information content (AvgIpc) is 2.72. The fraction of sp³-hybridized carbons (Fsp3) is 0.160. The molecule has 7 heteroatoms. The van der Waals surface area contributed by atoms with E-state index in [0.29, 0.717) is 10.9 Å². The SMILES string of the molecule is CP(C)(=O)C(c1cccc2ccccc12)C([O-])c1cc2ccccc2cc1C(=O)[O-].[Li+].[Li+]. The predicted octanol–water partition coefficient (Wildman–Crippen LogP) is -1.87. The molecule has 0 amide bonds. The second kappa shape index (κ2) is 10.5. The summed E-state index contributed by atoms with van der Waals surface area (Å²) >= 11 is 0. The van der Waals surface area contributed by atoms with Crippen molar-refractivity contribution in [3.63, 3.8) is 0 Å². The van der Waals surface area contributed by atoms with Crippen LogP contribution in [0.4, 0.5) is 0 Å². The van der Waals surface area contributed by atoms with Gasteiger partial charge in [-0.3, -0.25) is 0 Å². The number of carbonyl (C=O) groups is 1. The summed E-state index contributed by atoms with van der Waals surface area (Å²) in [6, 6.07) is 23.6. The molecular formula is C25H21Li2O4P. The molecule has 4 aromatic carbocycles. The van der Waals surface area contributed by atoms with E-state index in [4.69, 9.17) is 0 Å². The van der Waals surface area contributed by atoms with Crippen LogP contribution in [0.15, 0.2) is 78.9 Å². The summed E-state index contributed by atoms with van der Waals surface area (Å²) in [5, 5.41) is 29.0. The Morgan fingerprint density at radius 1 is 0.781 bits per heavy atom. The summed E-state index contributed by atoms with van der Waals surface area (Å²) in [6.45, 7) is 3.17. The molecule has 0 bridgehead atoms. The molecule has 0 aliphatic carbocycles. The maximum Gasteiger partial charge on any atom is 1.00 e. The van der Waals surface area contributed by atoms with Gasteiger partial charge in [0.05, 0.1) is 13.1 Å². The molecule has 4 rings (SSSR count). The summed E-state index contributed by atoms with van der Waals surface area (Å²) < 4.78 is 13.4. The van der Waals surface area contributed by atoms with Crippen LogP contribution in [0.3, 0.4) is 0 Å². The Balaban J connectivity index is 0.00000181. The van der Waals surface area contributed by atoms with E-state index in [1.54, 1.807) is 31.5 Å². The van der Waals surface area contributed by atoms with Crippen LogP contribution in [0.5, 0.6) is 0 Å². The Bertz CT molecular complexity index is 1310. The van der Waals surface area contributed by atoms with Gasteiger partial charge in [0.2, 0.25) is 0 Å². The van der Waals surface area contributed by atoms with Crippen molar-refractivity contribution in [3.8, 4) is 0 Å². The summed E-state index contributed by atoms with van der Waals surface area (Å²) in [7, 11) is -2.96. The summed E-state index contributed by atoms with van der Waals surface area (Å²) in [6.07, 6.45) is -1.52. The minimum atomic E-state index is -2.96. The monoisotopic (exact) mass is 430 g/mol. The van der Waals surface area contributed by atoms with Gasteiger partial charge in [-0.05, 0) is 52.1 Å². The van der Waals surface area contributed by atoms with Crippen molar-refractivity contribution in [2.75, 3.05) is 13.3 Å². The Morgan fingerprint density at radius 2 is 1.31 bits per heavy atom. The third-order valence-corrected chi connectivity index (χ3v) is 7.43. The van der Waals surface area contributed by atoms with Crippen molar-refractivity contribution in [3.05, 3.63) is 95.6 Å². The van der Waals surface area contributed by atoms with E-state index in [0.717, 1.165) is 16.2 Å². The minimum Gasteiger partial charge on any atom is -0.848 e. The van der Waals surface area contributed by atoms with Gasteiger partial charge >= 0.3 is 37.7 Å². The number of benzene rings is 4. The Morgan fingerprint density at radius 3 is 1.91 bits per heavy atom. The second-order valence-electron chi connectivity index (χ2n) is 7.94. The number of hydrogen-bond acceptors (Lipinski definition) is 4. The zero-order valence-electron chi connectivity index (χ0n) is 18.7. The third kappa shape index (κ3) is 5.08. The van der Waals surface area contributed by atoms with Crippen molar-refractivity contribution < 1.29 is 57.3 Å². The molecule has 152 valence electrons. The van der Waals surface area contributed by atoms with Crippen LogP contribution >= 0.6 is 7.14 Å². The van der Waals surface area contributed by atoms with Crippen LogP contribution in [-0.2, 0) is 4.57 Å². The number of carboxylic acid groups (broad SMARTS) is 1. The van der Waals surface area contributed by atoms with E-state index in [1.165, 1.54) is 6.07 Å². The molecule has 2 unspecified atom stereocenters. The number of fused-ring (bicyclic) bond motifs is 2. The standard InChI is InChI=1S/C25H22O4P.2Li/c1-30(2,29)24(20-13-7-11-16-8-5-6-12-19(16)20)23(26)21-14-17-9-3-4-10-18(17)15-22(21)25(27)28;;/h3-15,23-24H,1-2H3,(H,27,28);;/q-1;2*+1/p-1. The van der Waals surface area contributed by atoms with Crippen LogP contribution in [0, 0.1) is 0 Å². The molecule has 0 spiro atoms. The number of hydrogen-bond donors (Lipinski definition) is 0. The van der Waals surface area contributed by atoms with Gasteiger partial charge in [-0.15, -0.1) is 0 Å². The van der Waals surface area contributed by atoms with E-state index >= 15 is 0 Å². The van der Waals surface area contributed by atoms with Crippen LogP contribution in [0.2, 0.25) is 0 Å². The van der Waals surface area contributed by atoms with E-state index in [9.17, 15) is 19.6 Å². The zero-order chi connectivity index (χ0) is 21.5. The molecule has 0 fully saturated rings. The fourth-order valence-corrected chi connectivity index (χ4v) is 5.88. The molecule has 32 heavy (non-hydrogen) atoms. The van der Waals surface area contributed by atoms with Crippen LogP contribution < -0.4 is 47.9 Å². The first kappa shape index (κ1) is 26.5. The first-order valence-electron chi connectivity index (χ1n) is 9.69. The molecule has 0 N–H and O–H groups in total. The molecule has 0 aliphatic rings. The van der Waals surface area contributed by atoms with Gasteiger partial charge in [0.1, 0.15) is 0 Å². The quantitative estimate of drug-likeness (QED) is 0.275. The third-order valence-electron chi connectivity index (χ3n) is 5.54. The Hall–Kier alpha value is -1.75. The predicted molar refractivity (Wildman–Crippen MR) is 117 cm³/mol. The second-order valence-corrected chi connectivity index (χ2v) is 11.4. The number of carboxylic acids is 1.